The van der Waals surface area contributed by atoms with Crippen molar-refractivity contribution in [3.05, 3.63) is 71.2 Å². The number of carbonyl (C=O) groups excluding carboxylic acids is 1. The van der Waals surface area contributed by atoms with Crippen molar-refractivity contribution in [3.8, 4) is 10.4 Å². The summed E-state index contributed by atoms with van der Waals surface area (Å²) in [5.74, 6) is 0.167. The number of aromatic nitrogens is 1. The van der Waals surface area contributed by atoms with Gasteiger partial charge in [0, 0.05) is 13.1 Å². The number of anilines is 1. The first-order valence-corrected chi connectivity index (χ1v) is 10.7. The number of hydrogen-bond donors (Lipinski definition) is 1. The molecule has 0 bridgehead atoms. The van der Waals surface area contributed by atoms with Gasteiger partial charge in [-0.2, -0.15) is 0 Å². The summed E-state index contributed by atoms with van der Waals surface area (Å²) in [5, 5.41) is 0.380. The number of nitrogens with two attached hydrogens (primary N) is 1. The third-order valence-electron chi connectivity index (χ3n) is 5.20. The Labute approximate surface area is 174 Å². The number of amides is 1. The van der Waals surface area contributed by atoms with Crippen LogP contribution in [0.15, 0.2) is 48.5 Å². The Hall–Kier alpha value is -2.73. The fourth-order valence-corrected chi connectivity index (χ4v) is 4.28. The molecule has 1 aliphatic rings. The van der Waals surface area contributed by atoms with E-state index in [1.54, 1.807) is 12.1 Å². The molecule has 2 N–H and O–H groups in total. The third kappa shape index (κ3) is 4.65. The summed E-state index contributed by atoms with van der Waals surface area (Å²) >= 11 is 1.33. The van der Waals surface area contributed by atoms with Gasteiger partial charge in [-0.1, -0.05) is 59.4 Å². The van der Waals surface area contributed by atoms with Gasteiger partial charge in [-0.15, -0.1) is 0 Å². The van der Waals surface area contributed by atoms with Crippen LogP contribution in [-0.2, 0) is 6.42 Å². The van der Waals surface area contributed by atoms with Gasteiger partial charge in [0.2, 0.25) is 0 Å². The van der Waals surface area contributed by atoms with E-state index in [-0.39, 0.29) is 11.7 Å². The number of hydrogen-bond acceptors (Lipinski definition) is 4. The molecular weight excluding hydrogens is 385 g/mol. The van der Waals surface area contributed by atoms with Crippen molar-refractivity contribution >= 4 is 22.4 Å². The van der Waals surface area contributed by atoms with E-state index in [0.717, 1.165) is 28.8 Å². The maximum absolute atomic E-state index is 14.0. The van der Waals surface area contributed by atoms with E-state index < -0.39 is 0 Å². The number of aryl methyl sites for hydroxylation is 1. The van der Waals surface area contributed by atoms with E-state index >= 15 is 0 Å². The van der Waals surface area contributed by atoms with Crippen LogP contribution >= 0.6 is 11.3 Å². The van der Waals surface area contributed by atoms with E-state index in [2.05, 4.69) is 4.98 Å². The van der Waals surface area contributed by atoms with Crippen LogP contribution in [0.1, 0.15) is 34.5 Å². The number of halogens is 1. The molecule has 150 valence electrons. The summed E-state index contributed by atoms with van der Waals surface area (Å²) in [4.78, 5) is 20.4. The fourth-order valence-electron chi connectivity index (χ4n) is 3.46. The molecule has 1 heterocycles. The number of carbonyl (C=O) groups is 1. The van der Waals surface area contributed by atoms with Crippen molar-refractivity contribution in [1.82, 2.24) is 9.88 Å². The maximum atomic E-state index is 14.0. The van der Waals surface area contributed by atoms with Crippen LogP contribution in [0.25, 0.3) is 10.4 Å². The molecule has 1 fully saturated rings. The van der Waals surface area contributed by atoms with E-state index in [9.17, 15) is 9.18 Å². The molecule has 0 spiro atoms. The van der Waals surface area contributed by atoms with Gasteiger partial charge in [0.15, 0.2) is 5.13 Å². The Morgan fingerprint density at radius 2 is 2.03 bits per heavy atom. The van der Waals surface area contributed by atoms with Gasteiger partial charge in [-0.05, 0) is 49.3 Å². The van der Waals surface area contributed by atoms with E-state index in [1.165, 1.54) is 17.4 Å². The summed E-state index contributed by atoms with van der Waals surface area (Å²) in [6, 6.07) is 14.7. The molecule has 1 saturated carbocycles. The van der Waals surface area contributed by atoms with Crippen LogP contribution in [0, 0.1) is 18.7 Å². The Kier molecular flexibility index (Phi) is 5.62. The zero-order chi connectivity index (χ0) is 20.4. The first kappa shape index (κ1) is 19.6. The number of thiazole rings is 1. The van der Waals surface area contributed by atoms with E-state index in [1.807, 2.05) is 42.2 Å². The summed E-state index contributed by atoms with van der Waals surface area (Å²) in [5.41, 5.74) is 9.06. The molecule has 0 saturated heterocycles. The summed E-state index contributed by atoms with van der Waals surface area (Å²) in [6.07, 6.45) is 2.74. The van der Waals surface area contributed by atoms with Gasteiger partial charge in [-0.3, -0.25) is 4.79 Å². The van der Waals surface area contributed by atoms with Crippen LogP contribution in [0.2, 0.25) is 0 Å². The average Bonchev–Trinajstić information content (AvgIpc) is 3.44. The van der Waals surface area contributed by atoms with Crippen molar-refractivity contribution in [3.63, 3.8) is 0 Å². The highest BCUT2D eigenvalue weighted by atomic mass is 32.1. The second-order valence-electron chi connectivity index (χ2n) is 7.64. The number of nitrogen functional groups attached to an aromatic ring is 1. The van der Waals surface area contributed by atoms with Gasteiger partial charge in [0.05, 0.1) is 4.88 Å². The molecule has 1 aromatic heterocycles. The molecule has 4 nitrogen and oxygen atoms in total. The standard InChI is InChI=1S/C23H24FN3OS/c1-15-5-4-7-18(13-15)21-20(26-23(25)29-21)22(28)27(14-16-9-10-16)12-11-17-6-2-3-8-19(17)24/h2-8,13,16H,9-12,14H2,1H3,(H2,25,26). The van der Waals surface area contributed by atoms with Gasteiger partial charge in [0.25, 0.3) is 5.91 Å². The quantitative estimate of drug-likeness (QED) is 0.602. The lowest BCUT2D eigenvalue weighted by atomic mass is 10.1. The molecule has 29 heavy (non-hydrogen) atoms. The first-order valence-electron chi connectivity index (χ1n) is 9.87. The van der Waals surface area contributed by atoms with Crippen LogP contribution in [0.4, 0.5) is 9.52 Å². The second-order valence-corrected chi connectivity index (χ2v) is 8.67. The van der Waals surface area contributed by atoms with Crippen LogP contribution in [0.5, 0.6) is 0 Å². The van der Waals surface area contributed by atoms with Crippen molar-refractivity contribution in [2.45, 2.75) is 26.2 Å². The molecule has 3 aromatic rings. The molecule has 6 heteroatoms. The summed E-state index contributed by atoms with van der Waals surface area (Å²) in [6.45, 7) is 3.15. The molecule has 2 aromatic carbocycles. The summed E-state index contributed by atoms with van der Waals surface area (Å²) in [7, 11) is 0. The Morgan fingerprint density at radius 1 is 1.24 bits per heavy atom. The smallest absolute Gasteiger partial charge is 0.274 e. The van der Waals surface area contributed by atoms with Gasteiger partial charge in [0.1, 0.15) is 11.5 Å². The minimum atomic E-state index is -0.232. The van der Waals surface area contributed by atoms with Crippen molar-refractivity contribution < 1.29 is 9.18 Å². The molecule has 0 aliphatic heterocycles. The molecule has 1 aliphatic carbocycles. The van der Waals surface area contributed by atoms with Crippen LogP contribution < -0.4 is 5.73 Å². The highest BCUT2D eigenvalue weighted by Gasteiger charge is 2.30. The molecule has 0 atom stereocenters. The number of rotatable bonds is 7. The van der Waals surface area contributed by atoms with E-state index in [4.69, 9.17) is 5.73 Å². The fraction of sp³-hybridized carbons (Fsp3) is 0.304. The lowest BCUT2D eigenvalue weighted by Gasteiger charge is -2.22. The largest absolute Gasteiger partial charge is 0.375 e. The SMILES string of the molecule is Cc1cccc(-c2sc(N)nc2C(=O)N(CCc2ccccc2F)CC2CC2)c1. The lowest BCUT2D eigenvalue weighted by molar-refractivity contribution is 0.0745. The number of benzene rings is 2. The average molecular weight is 410 g/mol. The van der Waals surface area contributed by atoms with E-state index in [0.29, 0.717) is 41.8 Å². The van der Waals surface area contributed by atoms with Crippen LogP contribution in [0.3, 0.4) is 0 Å². The van der Waals surface area contributed by atoms with Crippen LogP contribution in [-0.4, -0.2) is 28.9 Å². The molecular formula is C23H24FN3OS. The van der Waals surface area contributed by atoms with Crippen molar-refractivity contribution in [1.29, 1.82) is 0 Å². The molecule has 0 radical (unpaired) electrons. The van der Waals surface area contributed by atoms with Crippen molar-refractivity contribution in [2.24, 2.45) is 5.92 Å². The summed E-state index contributed by atoms with van der Waals surface area (Å²) < 4.78 is 14.0. The molecule has 1 amide bonds. The zero-order valence-electron chi connectivity index (χ0n) is 16.4. The second kappa shape index (κ2) is 8.33. The van der Waals surface area contributed by atoms with Gasteiger partial charge >= 0.3 is 0 Å². The van der Waals surface area contributed by atoms with Crippen molar-refractivity contribution in [2.75, 3.05) is 18.8 Å². The topological polar surface area (TPSA) is 59.2 Å². The minimum absolute atomic E-state index is 0.127. The maximum Gasteiger partial charge on any atom is 0.274 e. The third-order valence-corrected chi connectivity index (χ3v) is 6.13. The highest BCUT2D eigenvalue weighted by molar-refractivity contribution is 7.19. The Morgan fingerprint density at radius 3 is 2.76 bits per heavy atom. The number of nitrogens with zero attached hydrogens (tertiary/aromatic N) is 2. The predicted molar refractivity (Wildman–Crippen MR) is 115 cm³/mol. The highest BCUT2D eigenvalue weighted by Crippen LogP contribution is 2.35. The molecule has 0 unspecified atom stereocenters. The monoisotopic (exact) mass is 409 g/mol. The van der Waals surface area contributed by atoms with Gasteiger partial charge < -0.3 is 10.6 Å². The first-order chi connectivity index (χ1) is 14.0. The Balaban J connectivity index is 1.60. The lowest BCUT2D eigenvalue weighted by Crippen LogP contribution is -2.35. The Bertz CT molecular complexity index is 1030. The normalized spacial score (nSPS) is 13.4. The predicted octanol–water partition coefficient (Wildman–Crippen LogP) is 4.93. The van der Waals surface area contributed by atoms with Gasteiger partial charge in [-0.25, -0.2) is 9.37 Å². The zero-order valence-corrected chi connectivity index (χ0v) is 17.2. The minimum Gasteiger partial charge on any atom is -0.375 e. The molecule has 4 rings (SSSR count).